The maximum Gasteiger partial charge on any atom is 0.323 e. The highest BCUT2D eigenvalue weighted by molar-refractivity contribution is 6.30. The molecule has 0 aliphatic carbocycles. The molecule has 4 nitrogen and oxygen atoms in total. The molecule has 0 saturated carbocycles. The molecule has 1 rings (SSSR count). The lowest BCUT2D eigenvalue weighted by Crippen LogP contribution is -2.32. The van der Waals surface area contributed by atoms with Crippen LogP contribution in [0.5, 0.6) is 0 Å². The summed E-state index contributed by atoms with van der Waals surface area (Å²) in [5.74, 6) is -0.397. The van der Waals surface area contributed by atoms with Gasteiger partial charge >= 0.3 is 5.97 Å². The molecule has 2 N–H and O–H groups in total. The van der Waals surface area contributed by atoms with E-state index in [4.69, 9.17) is 26.8 Å². The van der Waals surface area contributed by atoms with Crippen molar-refractivity contribution in [3.05, 3.63) is 34.9 Å². The Bertz CT molecular complexity index is 384. The number of carbonyl (C=O) groups is 1. The predicted octanol–water partition coefficient (Wildman–Crippen LogP) is 2.14. The van der Waals surface area contributed by atoms with Crippen LogP contribution in [0.15, 0.2) is 24.3 Å². The first-order chi connectivity index (χ1) is 8.63. The van der Waals surface area contributed by atoms with Gasteiger partial charge in [-0.2, -0.15) is 0 Å². The number of benzene rings is 1. The van der Waals surface area contributed by atoms with E-state index in [-0.39, 0.29) is 6.61 Å². The van der Waals surface area contributed by atoms with Gasteiger partial charge in [-0.1, -0.05) is 23.7 Å². The lowest BCUT2D eigenvalue weighted by atomic mass is 10.2. The molecule has 18 heavy (non-hydrogen) atoms. The van der Waals surface area contributed by atoms with Gasteiger partial charge < -0.3 is 15.2 Å². The first-order valence-electron chi connectivity index (χ1n) is 5.79. The predicted molar refractivity (Wildman–Crippen MR) is 70.3 cm³/mol. The molecule has 0 spiro atoms. The maximum atomic E-state index is 11.6. The molecule has 1 unspecified atom stereocenters. The average molecular weight is 272 g/mol. The van der Waals surface area contributed by atoms with Gasteiger partial charge in [-0.05, 0) is 30.5 Å². The smallest absolute Gasteiger partial charge is 0.323 e. The molecule has 0 saturated heterocycles. The van der Waals surface area contributed by atoms with Gasteiger partial charge in [-0.25, -0.2) is 0 Å². The van der Waals surface area contributed by atoms with E-state index < -0.39 is 12.0 Å². The third-order valence-corrected chi connectivity index (χ3v) is 2.67. The van der Waals surface area contributed by atoms with Crippen molar-refractivity contribution in [1.29, 1.82) is 0 Å². The molecule has 0 amide bonds. The van der Waals surface area contributed by atoms with E-state index in [2.05, 4.69) is 0 Å². The van der Waals surface area contributed by atoms with E-state index in [0.717, 1.165) is 12.0 Å². The van der Waals surface area contributed by atoms with Crippen molar-refractivity contribution in [3.63, 3.8) is 0 Å². The summed E-state index contributed by atoms with van der Waals surface area (Å²) in [6.45, 7) is 0.784. The van der Waals surface area contributed by atoms with E-state index in [0.29, 0.717) is 18.1 Å². The summed E-state index contributed by atoms with van der Waals surface area (Å²) >= 11 is 5.83. The lowest BCUT2D eigenvalue weighted by Gasteiger charge is -2.11. The first kappa shape index (κ1) is 15.0. The van der Waals surface area contributed by atoms with Crippen molar-refractivity contribution in [3.8, 4) is 0 Å². The molecule has 0 heterocycles. The molecular weight excluding hydrogens is 254 g/mol. The molecule has 0 aliphatic heterocycles. The monoisotopic (exact) mass is 271 g/mol. The number of hydrogen-bond acceptors (Lipinski definition) is 4. The van der Waals surface area contributed by atoms with Crippen molar-refractivity contribution in [2.75, 3.05) is 13.7 Å². The standard InChI is InChI=1S/C13H18ClNO3/c1-17-7-3-6-12(15)13(16)18-9-10-4-2-5-11(14)8-10/h2,4-5,8,12H,3,6-7,9,15H2,1H3. The molecule has 1 aromatic carbocycles. The van der Waals surface area contributed by atoms with E-state index in [1.807, 2.05) is 12.1 Å². The third-order valence-electron chi connectivity index (χ3n) is 2.44. The van der Waals surface area contributed by atoms with Crippen LogP contribution in [0.25, 0.3) is 0 Å². The molecule has 0 radical (unpaired) electrons. The summed E-state index contributed by atoms with van der Waals surface area (Å²) in [6, 6.07) is 6.58. The Labute approximate surface area is 112 Å². The van der Waals surface area contributed by atoms with Crippen LogP contribution in [0.1, 0.15) is 18.4 Å². The summed E-state index contributed by atoms with van der Waals surface area (Å²) in [4.78, 5) is 11.6. The van der Waals surface area contributed by atoms with Crippen molar-refractivity contribution >= 4 is 17.6 Å². The fourth-order valence-electron chi connectivity index (χ4n) is 1.45. The molecular formula is C13H18ClNO3. The van der Waals surface area contributed by atoms with Crippen LogP contribution in [-0.4, -0.2) is 25.7 Å². The van der Waals surface area contributed by atoms with Crippen LogP contribution in [0.2, 0.25) is 5.02 Å². The molecule has 0 fully saturated rings. The SMILES string of the molecule is COCCCC(N)C(=O)OCc1cccc(Cl)c1. The topological polar surface area (TPSA) is 61.5 Å². The van der Waals surface area contributed by atoms with Gasteiger partial charge in [-0.3, -0.25) is 4.79 Å². The van der Waals surface area contributed by atoms with Crippen LogP contribution in [0.3, 0.4) is 0 Å². The number of carbonyl (C=O) groups excluding carboxylic acids is 1. The number of methoxy groups -OCH3 is 1. The zero-order valence-corrected chi connectivity index (χ0v) is 11.2. The highest BCUT2D eigenvalue weighted by Gasteiger charge is 2.14. The van der Waals surface area contributed by atoms with Gasteiger partial charge in [0.25, 0.3) is 0 Å². The van der Waals surface area contributed by atoms with Gasteiger partial charge in [0.05, 0.1) is 0 Å². The molecule has 0 aromatic heterocycles. The Morgan fingerprint density at radius 1 is 1.50 bits per heavy atom. The number of nitrogens with two attached hydrogens (primary N) is 1. The second kappa shape index (κ2) is 8.08. The van der Waals surface area contributed by atoms with Crippen LogP contribution < -0.4 is 5.73 Å². The van der Waals surface area contributed by atoms with Gasteiger partial charge in [-0.15, -0.1) is 0 Å². The van der Waals surface area contributed by atoms with Crippen molar-refractivity contribution in [1.82, 2.24) is 0 Å². The summed E-state index contributed by atoms with van der Waals surface area (Å²) < 4.78 is 10.0. The number of rotatable bonds is 7. The minimum atomic E-state index is -0.598. The van der Waals surface area contributed by atoms with E-state index in [1.54, 1.807) is 19.2 Å². The van der Waals surface area contributed by atoms with Gasteiger partial charge in [0.1, 0.15) is 12.6 Å². The van der Waals surface area contributed by atoms with Crippen LogP contribution in [0.4, 0.5) is 0 Å². The molecule has 0 aliphatic rings. The first-order valence-corrected chi connectivity index (χ1v) is 6.17. The van der Waals surface area contributed by atoms with Crippen molar-refractivity contribution < 1.29 is 14.3 Å². The Kier molecular flexibility index (Phi) is 6.72. The van der Waals surface area contributed by atoms with Gasteiger partial charge in [0, 0.05) is 18.7 Å². The van der Waals surface area contributed by atoms with E-state index in [9.17, 15) is 4.79 Å². The summed E-state index contributed by atoms with van der Waals surface area (Å²) in [6.07, 6.45) is 1.30. The number of hydrogen-bond donors (Lipinski definition) is 1. The van der Waals surface area contributed by atoms with Crippen molar-refractivity contribution in [2.24, 2.45) is 5.73 Å². The third kappa shape index (κ3) is 5.49. The fraction of sp³-hybridized carbons (Fsp3) is 0.462. The van der Waals surface area contributed by atoms with E-state index in [1.165, 1.54) is 0 Å². The Morgan fingerprint density at radius 2 is 2.28 bits per heavy atom. The molecule has 0 bridgehead atoms. The Morgan fingerprint density at radius 3 is 2.94 bits per heavy atom. The highest BCUT2D eigenvalue weighted by atomic mass is 35.5. The Balaban J connectivity index is 2.32. The van der Waals surface area contributed by atoms with Crippen LogP contribution >= 0.6 is 11.6 Å². The lowest BCUT2D eigenvalue weighted by molar-refractivity contribution is -0.146. The van der Waals surface area contributed by atoms with Gasteiger partial charge in [0.15, 0.2) is 0 Å². The molecule has 5 heteroatoms. The highest BCUT2D eigenvalue weighted by Crippen LogP contribution is 2.11. The largest absolute Gasteiger partial charge is 0.460 e. The second-order valence-electron chi connectivity index (χ2n) is 3.98. The number of esters is 1. The zero-order valence-electron chi connectivity index (χ0n) is 10.4. The van der Waals surface area contributed by atoms with Crippen LogP contribution in [0, 0.1) is 0 Å². The summed E-state index contributed by atoms with van der Waals surface area (Å²) in [5.41, 5.74) is 6.54. The summed E-state index contributed by atoms with van der Waals surface area (Å²) in [7, 11) is 1.61. The van der Waals surface area contributed by atoms with Gasteiger partial charge in [0.2, 0.25) is 0 Å². The molecule has 100 valence electrons. The fourth-order valence-corrected chi connectivity index (χ4v) is 1.67. The maximum absolute atomic E-state index is 11.6. The minimum absolute atomic E-state index is 0.192. The van der Waals surface area contributed by atoms with Crippen LogP contribution in [-0.2, 0) is 20.9 Å². The molecule has 1 atom stereocenters. The zero-order chi connectivity index (χ0) is 13.4. The Hall–Kier alpha value is -1.10. The summed E-state index contributed by atoms with van der Waals surface area (Å²) in [5, 5.41) is 0.618. The quantitative estimate of drug-likeness (QED) is 0.610. The van der Waals surface area contributed by atoms with Crippen molar-refractivity contribution in [2.45, 2.75) is 25.5 Å². The average Bonchev–Trinajstić information content (AvgIpc) is 2.36. The number of ether oxygens (including phenoxy) is 2. The normalized spacial score (nSPS) is 12.2. The molecule has 1 aromatic rings. The second-order valence-corrected chi connectivity index (χ2v) is 4.42. The van der Waals surface area contributed by atoms with E-state index >= 15 is 0 Å². The minimum Gasteiger partial charge on any atom is -0.460 e. The number of halogens is 1.